The van der Waals surface area contributed by atoms with Crippen LogP contribution in [0.3, 0.4) is 0 Å². The highest BCUT2D eigenvalue weighted by atomic mass is 19.1. The Labute approximate surface area is 167 Å². The highest BCUT2D eigenvalue weighted by molar-refractivity contribution is 5.81. The fourth-order valence-electron chi connectivity index (χ4n) is 3.80. The number of nitriles is 1. The van der Waals surface area contributed by atoms with E-state index in [4.69, 9.17) is 4.74 Å². The number of pyridine rings is 2. The van der Waals surface area contributed by atoms with E-state index in [1.165, 1.54) is 25.6 Å². The van der Waals surface area contributed by atoms with Crippen LogP contribution in [0.1, 0.15) is 30.1 Å². The molecule has 0 atom stereocenters. The van der Waals surface area contributed by atoms with Crippen molar-refractivity contribution in [3.8, 4) is 23.1 Å². The Bertz CT molecular complexity index is 1050. The summed E-state index contributed by atoms with van der Waals surface area (Å²) < 4.78 is 20.6. The number of anilines is 1. The lowest BCUT2D eigenvalue weighted by atomic mass is 9.94. The number of nitrogens with zero attached hydrogens (tertiary/aromatic N) is 7. The minimum absolute atomic E-state index is 0.304. The number of hydrogen-bond donors (Lipinski definition) is 0. The number of methoxy groups -OCH3 is 1. The maximum Gasteiger partial charge on any atom is 0.212 e. The molecule has 4 rings (SSSR count). The summed E-state index contributed by atoms with van der Waals surface area (Å²) in [4.78, 5) is 10.4. The molecule has 3 aromatic rings. The zero-order valence-electron chi connectivity index (χ0n) is 16.2. The number of halogens is 1. The van der Waals surface area contributed by atoms with Crippen molar-refractivity contribution in [2.75, 3.05) is 25.1 Å². The number of ether oxygens (including phenoxy) is 1. The Kier molecular flexibility index (Phi) is 5.08. The molecular formula is C20H20FN7O. The number of aromatic nitrogens is 5. The largest absolute Gasteiger partial charge is 0.494 e. The summed E-state index contributed by atoms with van der Waals surface area (Å²) >= 11 is 0. The lowest BCUT2D eigenvalue weighted by molar-refractivity contribution is 0.411. The second-order valence-electron chi connectivity index (χ2n) is 6.94. The second-order valence-corrected chi connectivity index (χ2v) is 6.94. The molecular weight excluding hydrogens is 373 g/mol. The molecule has 1 saturated heterocycles. The maximum atomic E-state index is 13.3. The van der Waals surface area contributed by atoms with Crippen molar-refractivity contribution in [2.45, 2.75) is 18.8 Å². The molecule has 0 unspecified atom stereocenters. The van der Waals surface area contributed by atoms with Gasteiger partial charge in [0.15, 0.2) is 5.75 Å². The molecule has 29 heavy (non-hydrogen) atoms. The first-order valence-corrected chi connectivity index (χ1v) is 9.30. The van der Waals surface area contributed by atoms with E-state index < -0.39 is 5.95 Å². The van der Waals surface area contributed by atoms with Crippen LogP contribution in [0.15, 0.2) is 30.9 Å². The lowest BCUT2D eigenvalue weighted by Gasteiger charge is -2.34. The molecule has 0 aromatic carbocycles. The summed E-state index contributed by atoms with van der Waals surface area (Å²) in [6, 6.07) is 5.16. The highest BCUT2D eigenvalue weighted by Gasteiger charge is 2.28. The molecule has 148 valence electrons. The molecule has 1 aliphatic heterocycles. The van der Waals surface area contributed by atoms with Gasteiger partial charge in [0.05, 0.1) is 24.7 Å². The van der Waals surface area contributed by atoms with E-state index >= 15 is 0 Å². The first-order chi connectivity index (χ1) is 14.1. The fourth-order valence-corrected chi connectivity index (χ4v) is 3.80. The van der Waals surface area contributed by atoms with Crippen LogP contribution < -0.4 is 9.64 Å². The highest BCUT2D eigenvalue weighted by Crippen LogP contribution is 2.39. The third-order valence-electron chi connectivity index (χ3n) is 5.27. The van der Waals surface area contributed by atoms with Gasteiger partial charge in [-0.15, -0.1) is 10.2 Å². The van der Waals surface area contributed by atoms with Crippen molar-refractivity contribution in [3.63, 3.8) is 0 Å². The molecule has 0 saturated carbocycles. The van der Waals surface area contributed by atoms with Gasteiger partial charge in [0.25, 0.3) is 0 Å². The van der Waals surface area contributed by atoms with Crippen molar-refractivity contribution in [1.29, 1.82) is 5.26 Å². The Morgan fingerprint density at radius 2 is 2.00 bits per heavy atom. The predicted molar refractivity (Wildman–Crippen MR) is 104 cm³/mol. The molecule has 9 heteroatoms. The summed E-state index contributed by atoms with van der Waals surface area (Å²) in [5.41, 5.74) is 2.35. The van der Waals surface area contributed by atoms with Gasteiger partial charge >= 0.3 is 0 Å². The van der Waals surface area contributed by atoms with Crippen LogP contribution in [0, 0.1) is 17.3 Å². The minimum atomic E-state index is -0.561. The standard InChI is InChI=1S/C20H20FN7O/c1-27-12-25-26-20(27)13-5-7-28(8-6-13)19-15(9-22)16(29-2)11-24-18(19)14-3-4-17(21)23-10-14/h3-4,10-13H,5-8H2,1-2H3. The van der Waals surface area contributed by atoms with E-state index in [1.54, 1.807) is 12.4 Å². The lowest BCUT2D eigenvalue weighted by Crippen LogP contribution is -2.34. The first-order valence-electron chi connectivity index (χ1n) is 9.30. The second kappa shape index (κ2) is 7.83. The molecule has 0 spiro atoms. The Morgan fingerprint density at radius 3 is 2.59 bits per heavy atom. The van der Waals surface area contributed by atoms with E-state index in [2.05, 4.69) is 31.1 Å². The molecule has 1 fully saturated rings. The summed E-state index contributed by atoms with van der Waals surface area (Å²) in [6.07, 6.45) is 6.40. The Balaban J connectivity index is 1.71. The number of rotatable bonds is 4. The summed E-state index contributed by atoms with van der Waals surface area (Å²) in [5, 5.41) is 18.0. The molecule has 1 aliphatic rings. The van der Waals surface area contributed by atoms with Gasteiger partial charge in [-0.1, -0.05) is 0 Å². The van der Waals surface area contributed by atoms with Crippen molar-refractivity contribution in [3.05, 3.63) is 48.2 Å². The van der Waals surface area contributed by atoms with Crippen LogP contribution in [0.5, 0.6) is 5.75 Å². The van der Waals surface area contributed by atoms with E-state index in [0.717, 1.165) is 31.8 Å². The van der Waals surface area contributed by atoms with Crippen molar-refractivity contribution >= 4 is 5.69 Å². The van der Waals surface area contributed by atoms with Crippen molar-refractivity contribution in [1.82, 2.24) is 24.7 Å². The number of piperidine rings is 1. The van der Waals surface area contributed by atoms with Gasteiger partial charge in [0.1, 0.15) is 23.8 Å². The van der Waals surface area contributed by atoms with Crippen LogP contribution in [0.25, 0.3) is 11.3 Å². The maximum absolute atomic E-state index is 13.3. The topological polar surface area (TPSA) is 92.8 Å². The minimum Gasteiger partial charge on any atom is -0.494 e. The Morgan fingerprint density at radius 1 is 1.21 bits per heavy atom. The van der Waals surface area contributed by atoms with Crippen LogP contribution >= 0.6 is 0 Å². The van der Waals surface area contributed by atoms with Gasteiger partial charge in [-0.25, -0.2) is 4.98 Å². The van der Waals surface area contributed by atoms with Gasteiger partial charge in [-0.05, 0) is 25.0 Å². The van der Waals surface area contributed by atoms with E-state index in [-0.39, 0.29) is 0 Å². The number of hydrogen-bond acceptors (Lipinski definition) is 7. The van der Waals surface area contributed by atoms with Crippen LogP contribution in [0.4, 0.5) is 10.1 Å². The van der Waals surface area contributed by atoms with Gasteiger partial charge in [-0.2, -0.15) is 9.65 Å². The van der Waals surface area contributed by atoms with Gasteiger partial charge < -0.3 is 14.2 Å². The van der Waals surface area contributed by atoms with Crippen molar-refractivity contribution < 1.29 is 9.13 Å². The predicted octanol–water partition coefficient (Wildman–Crippen LogP) is 2.68. The molecule has 0 bridgehead atoms. The molecule has 0 radical (unpaired) electrons. The van der Waals surface area contributed by atoms with Crippen molar-refractivity contribution in [2.24, 2.45) is 7.05 Å². The molecule has 0 aliphatic carbocycles. The molecule has 8 nitrogen and oxygen atoms in total. The summed E-state index contributed by atoms with van der Waals surface area (Å²) in [6.45, 7) is 1.45. The van der Waals surface area contributed by atoms with E-state index in [0.29, 0.717) is 34.2 Å². The average Bonchev–Trinajstić information content (AvgIpc) is 3.19. The zero-order valence-corrected chi connectivity index (χ0v) is 16.2. The van der Waals surface area contributed by atoms with Crippen LogP contribution in [0.2, 0.25) is 0 Å². The van der Waals surface area contributed by atoms with Crippen LogP contribution in [-0.2, 0) is 7.05 Å². The third-order valence-corrected chi connectivity index (χ3v) is 5.27. The smallest absolute Gasteiger partial charge is 0.212 e. The average molecular weight is 393 g/mol. The van der Waals surface area contributed by atoms with Gasteiger partial charge in [-0.3, -0.25) is 4.98 Å². The Hall–Kier alpha value is -3.54. The third kappa shape index (κ3) is 3.49. The van der Waals surface area contributed by atoms with E-state index in [1.807, 2.05) is 11.6 Å². The normalized spacial score (nSPS) is 14.6. The number of aryl methyl sites for hydroxylation is 1. The molecule has 4 heterocycles. The summed E-state index contributed by atoms with van der Waals surface area (Å²) in [7, 11) is 3.46. The molecule has 0 amide bonds. The summed E-state index contributed by atoms with van der Waals surface area (Å²) in [5.74, 6) is 1.13. The fraction of sp³-hybridized carbons (Fsp3) is 0.350. The van der Waals surface area contributed by atoms with E-state index in [9.17, 15) is 9.65 Å². The SMILES string of the molecule is COc1cnc(-c2ccc(F)nc2)c(N2CCC(c3nncn3C)CC2)c1C#N. The van der Waals surface area contributed by atoms with Gasteiger partial charge in [0.2, 0.25) is 5.95 Å². The first kappa shape index (κ1) is 18.8. The zero-order chi connectivity index (χ0) is 20.4. The monoisotopic (exact) mass is 393 g/mol. The quantitative estimate of drug-likeness (QED) is 0.629. The molecule has 3 aromatic heterocycles. The van der Waals surface area contributed by atoms with Gasteiger partial charge in [0, 0.05) is 37.8 Å². The van der Waals surface area contributed by atoms with Crippen LogP contribution in [-0.4, -0.2) is 44.9 Å². The molecule has 0 N–H and O–H groups in total.